The second-order valence-electron chi connectivity index (χ2n) is 6.82. The maximum Gasteiger partial charge on any atom is 0.262 e. The Bertz CT molecular complexity index is 1280. The average Bonchev–Trinajstić information content (AvgIpc) is 3.32. The average molecular weight is 452 g/mol. The number of nitrogens with zero attached hydrogens (tertiary/aromatic N) is 2. The zero-order chi connectivity index (χ0) is 22.5. The van der Waals surface area contributed by atoms with Crippen LogP contribution in [0.5, 0.6) is 11.5 Å². The van der Waals surface area contributed by atoms with Crippen LogP contribution >= 0.6 is 11.8 Å². The number of fused-ring (bicyclic) bond motifs is 1. The van der Waals surface area contributed by atoms with E-state index in [0.29, 0.717) is 39.0 Å². The van der Waals surface area contributed by atoms with Gasteiger partial charge in [0.2, 0.25) is 5.91 Å². The Kier molecular flexibility index (Phi) is 6.46. The molecule has 2 aromatic carbocycles. The van der Waals surface area contributed by atoms with Crippen molar-refractivity contribution in [2.45, 2.75) is 11.7 Å². The number of rotatable bonds is 8. The molecule has 4 rings (SSSR count). The van der Waals surface area contributed by atoms with E-state index in [1.807, 2.05) is 6.07 Å². The summed E-state index contributed by atoms with van der Waals surface area (Å²) in [5.74, 6) is 1.56. The molecule has 0 aliphatic rings. The lowest BCUT2D eigenvalue weighted by atomic mass is 10.2. The summed E-state index contributed by atoms with van der Waals surface area (Å²) >= 11 is 1.18. The highest BCUT2D eigenvalue weighted by Crippen LogP contribution is 2.26. The van der Waals surface area contributed by atoms with Gasteiger partial charge in [0.15, 0.2) is 5.16 Å². The van der Waals surface area contributed by atoms with Crippen LogP contribution in [-0.2, 0) is 11.3 Å². The second-order valence-corrected chi connectivity index (χ2v) is 7.76. The smallest absolute Gasteiger partial charge is 0.262 e. The van der Waals surface area contributed by atoms with Crippen LogP contribution in [0.25, 0.3) is 10.9 Å². The number of para-hydroxylation sites is 1. The van der Waals surface area contributed by atoms with Gasteiger partial charge in [0.1, 0.15) is 17.3 Å². The third-order valence-corrected chi connectivity index (χ3v) is 5.66. The van der Waals surface area contributed by atoms with Crippen molar-refractivity contribution in [1.29, 1.82) is 0 Å². The molecular weight excluding hydrogens is 430 g/mol. The molecule has 0 bridgehead atoms. The van der Waals surface area contributed by atoms with Gasteiger partial charge >= 0.3 is 0 Å². The van der Waals surface area contributed by atoms with E-state index in [-0.39, 0.29) is 23.8 Å². The van der Waals surface area contributed by atoms with E-state index in [0.717, 1.165) is 0 Å². The maximum absolute atomic E-state index is 13.1. The Balaban J connectivity index is 1.57. The van der Waals surface area contributed by atoms with Gasteiger partial charge in [-0.1, -0.05) is 23.9 Å². The van der Waals surface area contributed by atoms with E-state index in [2.05, 4.69) is 10.3 Å². The molecule has 9 heteroatoms. The normalized spacial score (nSPS) is 10.8. The van der Waals surface area contributed by atoms with E-state index >= 15 is 0 Å². The van der Waals surface area contributed by atoms with E-state index in [9.17, 15) is 9.59 Å². The highest BCUT2D eigenvalue weighted by atomic mass is 32.2. The fourth-order valence-electron chi connectivity index (χ4n) is 3.16. The first kappa shape index (κ1) is 21.5. The minimum absolute atomic E-state index is 0.0580. The Hall–Kier alpha value is -3.72. The van der Waals surface area contributed by atoms with Crippen LogP contribution in [0.4, 0.5) is 5.69 Å². The van der Waals surface area contributed by atoms with E-state index in [1.165, 1.54) is 16.3 Å². The minimum Gasteiger partial charge on any atom is -0.497 e. The number of amides is 1. The number of anilines is 1. The summed E-state index contributed by atoms with van der Waals surface area (Å²) in [7, 11) is 3.08. The SMILES string of the molecule is COc1cc(NC(=O)CSc2nc3ccccc3c(=O)n2Cc2ccco2)cc(OC)c1. The lowest BCUT2D eigenvalue weighted by Crippen LogP contribution is -2.24. The molecule has 0 spiro atoms. The van der Waals surface area contributed by atoms with Crippen molar-refractivity contribution in [3.05, 3.63) is 77.0 Å². The number of hydrogen-bond donors (Lipinski definition) is 1. The van der Waals surface area contributed by atoms with Crippen molar-refractivity contribution in [2.75, 3.05) is 25.3 Å². The number of furan rings is 1. The molecule has 8 nitrogen and oxygen atoms in total. The number of thioether (sulfide) groups is 1. The van der Waals surface area contributed by atoms with Crippen LogP contribution in [0, 0.1) is 0 Å². The summed E-state index contributed by atoms with van der Waals surface area (Å²) in [6.07, 6.45) is 1.55. The number of carbonyl (C=O) groups excluding carboxylic acids is 1. The molecule has 0 aliphatic carbocycles. The van der Waals surface area contributed by atoms with Crippen LogP contribution in [0.15, 0.2) is 75.2 Å². The highest BCUT2D eigenvalue weighted by molar-refractivity contribution is 7.99. The summed E-state index contributed by atoms with van der Waals surface area (Å²) in [5, 5.41) is 3.77. The molecule has 32 heavy (non-hydrogen) atoms. The van der Waals surface area contributed by atoms with Gasteiger partial charge in [-0.25, -0.2) is 4.98 Å². The number of hydrogen-bond acceptors (Lipinski definition) is 7. The molecular formula is C23H21N3O5S. The van der Waals surface area contributed by atoms with Gasteiger partial charge in [-0.2, -0.15) is 0 Å². The number of ether oxygens (including phenoxy) is 2. The van der Waals surface area contributed by atoms with Crippen molar-refractivity contribution >= 4 is 34.3 Å². The van der Waals surface area contributed by atoms with Gasteiger partial charge in [0, 0.05) is 23.9 Å². The summed E-state index contributed by atoms with van der Waals surface area (Å²) in [6, 6.07) is 15.8. The Morgan fingerprint density at radius 1 is 1.09 bits per heavy atom. The molecule has 0 atom stereocenters. The molecule has 1 amide bonds. The number of carbonyl (C=O) groups is 1. The summed E-state index contributed by atoms with van der Waals surface area (Å²) in [6.45, 7) is 0.223. The van der Waals surface area contributed by atoms with Crippen LogP contribution in [-0.4, -0.2) is 35.4 Å². The predicted molar refractivity (Wildman–Crippen MR) is 123 cm³/mol. The maximum atomic E-state index is 13.1. The Morgan fingerprint density at radius 3 is 2.53 bits per heavy atom. The molecule has 0 saturated heterocycles. The standard InChI is InChI=1S/C23H21N3O5S/c1-29-17-10-15(11-18(12-17)30-2)24-21(27)14-32-23-25-20-8-4-3-7-19(20)22(28)26(23)13-16-6-5-9-31-16/h3-12H,13-14H2,1-2H3,(H,24,27). The Labute approximate surface area is 188 Å². The van der Waals surface area contributed by atoms with Gasteiger partial charge in [-0.15, -0.1) is 0 Å². The number of nitrogens with one attached hydrogen (secondary N) is 1. The third kappa shape index (κ3) is 4.78. The second kappa shape index (κ2) is 9.61. The quantitative estimate of drug-likeness (QED) is 0.322. The lowest BCUT2D eigenvalue weighted by Gasteiger charge is -2.13. The van der Waals surface area contributed by atoms with Gasteiger partial charge in [-0.05, 0) is 24.3 Å². The van der Waals surface area contributed by atoms with Crippen molar-refractivity contribution in [3.63, 3.8) is 0 Å². The predicted octanol–water partition coefficient (Wildman–Crippen LogP) is 3.79. The van der Waals surface area contributed by atoms with Crippen LogP contribution in [0.2, 0.25) is 0 Å². The number of benzene rings is 2. The first-order valence-electron chi connectivity index (χ1n) is 9.75. The van der Waals surface area contributed by atoms with Crippen molar-refractivity contribution in [1.82, 2.24) is 9.55 Å². The molecule has 164 valence electrons. The van der Waals surface area contributed by atoms with Crippen molar-refractivity contribution in [2.24, 2.45) is 0 Å². The molecule has 0 unspecified atom stereocenters. The molecule has 0 saturated carbocycles. The highest BCUT2D eigenvalue weighted by Gasteiger charge is 2.15. The zero-order valence-electron chi connectivity index (χ0n) is 17.5. The largest absolute Gasteiger partial charge is 0.497 e. The summed E-state index contributed by atoms with van der Waals surface area (Å²) < 4.78 is 17.4. The van der Waals surface area contributed by atoms with Crippen LogP contribution in [0.1, 0.15) is 5.76 Å². The number of aromatic nitrogens is 2. The fourth-order valence-corrected chi connectivity index (χ4v) is 3.96. The third-order valence-electron chi connectivity index (χ3n) is 4.69. The monoisotopic (exact) mass is 451 g/mol. The van der Waals surface area contributed by atoms with Crippen LogP contribution in [0.3, 0.4) is 0 Å². The van der Waals surface area contributed by atoms with Gasteiger partial charge in [0.25, 0.3) is 5.56 Å². The molecule has 0 radical (unpaired) electrons. The zero-order valence-corrected chi connectivity index (χ0v) is 18.3. The fraction of sp³-hybridized carbons (Fsp3) is 0.174. The summed E-state index contributed by atoms with van der Waals surface area (Å²) in [5.41, 5.74) is 0.937. The molecule has 2 heterocycles. The minimum atomic E-state index is -0.253. The van der Waals surface area contributed by atoms with E-state index in [1.54, 1.807) is 69.0 Å². The van der Waals surface area contributed by atoms with Gasteiger partial charge in [0.05, 0.1) is 43.7 Å². The topological polar surface area (TPSA) is 95.6 Å². The van der Waals surface area contributed by atoms with Gasteiger partial charge < -0.3 is 19.2 Å². The molecule has 4 aromatic rings. The summed E-state index contributed by atoms with van der Waals surface area (Å²) in [4.78, 5) is 30.3. The first-order valence-corrected chi connectivity index (χ1v) is 10.7. The van der Waals surface area contributed by atoms with Crippen LogP contribution < -0.4 is 20.3 Å². The Morgan fingerprint density at radius 2 is 1.84 bits per heavy atom. The molecule has 0 fully saturated rings. The van der Waals surface area contributed by atoms with E-state index in [4.69, 9.17) is 13.9 Å². The first-order chi connectivity index (χ1) is 15.6. The molecule has 2 aromatic heterocycles. The molecule has 1 N–H and O–H groups in total. The van der Waals surface area contributed by atoms with E-state index < -0.39 is 0 Å². The van der Waals surface area contributed by atoms with Crippen molar-refractivity contribution < 1.29 is 18.7 Å². The van der Waals surface area contributed by atoms with Crippen molar-refractivity contribution in [3.8, 4) is 11.5 Å². The van der Waals surface area contributed by atoms with Gasteiger partial charge in [-0.3, -0.25) is 14.2 Å². The lowest BCUT2D eigenvalue weighted by molar-refractivity contribution is -0.113. The molecule has 0 aliphatic heterocycles. The number of methoxy groups -OCH3 is 2.